The summed E-state index contributed by atoms with van der Waals surface area (Å²) in [5.41, 5.74) is 1.57. The standard InChI is InChI=1S/C24H34N4O2/c1-3-27(24(30)21-5-4-20-6-11-25-22(20)16-21)17-23(29)28-14-9-19(10-15-28)18-7-12-26(2)13-8-18/h4-6,11,16,18-19,25H,3,7-10,12-15,17H2,1-2H3. The van der Waals surface area contributed by atoms with E-state index in [-0.39, 0.29) is 18.4 Å². The van der Waals surface area contributed by atoms with Gasteiger partial charge in [0.25, 0.3) is 5.91 Å². The Kier molecular flexibility index (Phi) is 6.42. The van der Waals surface area contributed by atoms with Gasteiger partial charge in [-0.15, -0.1) is 0 Å². The highest BCUT2D eigenvalue weighted by atomic mass is 16.2. The fraction of sp³-hybridized carbons (Fsp3) is 0.583. The van der Waals surface area contributed by atoms with Crippen molar-refractivity contribution in [2.45, 2.75) is 32.6 Å². The second kappa shape index (κ2) is 9.21. The van der Waals surface area contributed by atoms with Crippen molar-refractivity contribution in [2.75, 3.05) is 46.3 Å². The average Bonchev–Trinajstić information content (AvgIpc) is 3.25. The monoisotopic (exact) mass is 410 g/mol. The van der Waals surface area contributed by atoms with E-state index in [0.717, 1.165) is 48.7 Å². The molecule has 0 saturated carbocycles. The molecule has 2 fully saturated rings. The van der Waals surface area contributed by atoms with Crippen molar-refractivity contribution in [3.63, 3.8) is 0 Å². The number of fused-ring (bicyclic) bond motifs is 1. The smallest absolute Gasteiger partial charge is 0.254 e. The predicted octanol–water partition coefficient (Wildman–Crippen LogP) is 3.21. The first-order valence-electron chi connectivity index (χ1n) is 11.4. The van der Waals surface area contributed by atoms with Gasteiger partial charge >= 0.3 is 0 Å². The van der Waals surface area contributed by atoms with Crippen LogP contribution in [0.3, 0.4) is 0 Å². The van der Waals surface area contributed by atoms with Gasteiger partial charge in [0.2, 0.25) is 5.91 Å². The molecule has 3 heterocycles. The lowest BCUT2D eigenvalue weighted by molar-refractivity contribution is -0.133. The quantitative estimate of drug-likeness (QED) is 0.823. The highest BCUT2D eigenvalue weighted by Gasteiger charge is 2.31. The van der Waals surface area contributed by atoms with E-state index in [4.69, 9.17) is 0 Å². The Balaban J connectivity index is 1.31. The zero-order valence-corrected chi connectivity index (χ0v) is 18.3. The number of likely N-dealkylation sites (N-methyl/N-ethyl adjacent to an activating group) is 1. The van der Waals surface area contributed by atoms with Gasteiger partial charge in [-0.1, -0.05) is 6.07 Å². The summed E-state index contributed by atoms with van der Waals surface area (Å²) in [4.78, 5) is 35.1. The molecule has 2 aromatic rings. The SMILES string of the molecule is CCN(CC(=O)N1CCC(C2CCN(C)CC2)CC1)C(=O)c1ccc2cc[nH]c2c1. The lowest BCUT2D eigenvalue weighted by Crippen LogP contribution is -2.47. The number of likely N-dealkylation sites (tertiary alicyclic amines) is 2. The van der Waals surface area contributed by atoms with Crippen molar-refractivity contribution in [2.24, 2.45) is 11.8 Å². The molecule has 0 spiro atoms. The van der Waals surface area contributed by atoms with Crippen molar-refractivity contribution >= 4 is 22.7 Å². The maximum atomic E-state index is 13.0. The van der Waals surface area contributed by atoms with E-state index in [9.17, 15) is 9.59 Å². The fourth-order valence-corrected chi connectivity index (χ4v) is 5.07. The Morgan fingerprint density at radius 3 is 2.37 bits per heavy atom. The van der Waals surface area contributed by atoms with Gasteiger partial charge in [-0.3, -0.25) is 9.59 Å². The van der Waals surface area contributed by atoms with Crippen LogP contribution in [0.2, 0.25) is 0 Å². The van der Waals surface area contributed by atoms with E-state index in [0.29, 0.717) is 12.1 Å². The number of aromatic amines is 1. The molecule has 1 aromatic heterocycles. The Morgan fingerprint density at radius 2 is 1.70 bits per heavy atom. The first kappa shape index (κ1) is 20.9. The van der Waals surface area contributed by atoms with Gasteiger partial charge in [-0.05, 0) is 88.2 Å². The van der Waals surface area contributed by atoms with Crippen molar-refractivity contribution in [1.82, 2.24) is 19.7 Å². The third-order valence-corrected chi connectivity index (χ3v) is 7.12. The second-order valence-electron chi connectivity index (χ2n) is 8.96. The van der Waals surface area contributed by atoms with E-state index in [1.54, 1.807) is 4.90 Å². The molecule has 6 nitrogen and oxygen atoms in total. The molecule has 2 saturated heterocycles. The first-order valence-corrected chi connectivity index (χ1v) is 11.4. The number of nitrogens with zero attached hydrogens (tertiary/aromatic N) is 3. The third-order valence-electron chi connectivity index (χ3n) is 7.12. The molecule has 0 radical (unpaired) electrons. The van der Waals surface area contributed by atoms with Crippen LogP contribution < -0.4 is 0 Å². The van der Waals surface area contributed by atoms with E-state index in [1.165, 1.54) is 25.9 Å². The molecule has 4 rings (SSSR count). The summed E-state index contributed by atoms with van der Waals surface area (Å²) in [5.74, 6) is 1.56. The molecule has 162 valence electrons. The lowest BCUT2D eigenvalue weighted by atomic mass is 9.79. The topological polar surface area (TPSA) is 59.7 Å². The van der Waals surface area contributed by atoms with Crippen molar-refractivity contribution in [3.8, 4) is 0 Å². The third kappa shape index (κ3) is 4.53. The molecular weight excluding hydrogens is 376 g/mol. The summed E-state index contributed by atoms with van der Waals surface area (Å²) in [6.45, 7) is 6.68. The zero-order valence-electron chi connectivity index (χ0n) is 18.3. The molecule has 2 aliphatic heterocycles. The van der Waals surface area contributed by atoms with Crippen LogP contribution >= 0.6 is 0 Å². The van der Waals surface area contributed by atoms with Crippen molar-refractivity contribution in [1.29, 1.82) is 0 Å². The van der Waals surface area contributed by atoms with Gasteiger partial charge in [0, 0.05) is 36.9 Å². The minimum absolute atomic E-state index is 0.0768. The summed E-state index contributed by atoms with van der Waals surface area (Å²) in [5, 5.41) is 1.08. The van der Waals surface area contributed by atoms with Crippen LogP contribution in [-0.2, 0) is 4.79 Å². The molecular formula is C24H34N4O2. The number of carbonyl (C=O) groups is 2. The van der Waals surface area contributed by atoms with Crippen LogP contribution in [0, 0.1) is 11.8 Å². The number of rotatable bonds is 5. The normalized spacial score (nSPS) is 19.3. The lowest BCUT2D eigenvalue weighted by Gasteiger charge is -2.39. The summed E-state index contributed by atoms with van der Waals surface area (Å²) < 4.78 is 0. The number of piperidine rings is 2. The van der Waals surface area contributed by atoms with E-state index < -0.39 is 0 Å². The molecule has 0 unspecified atom stereocenters. The number of nitrogens with one attached hydrogen (secondary N) is 1. The predicted molar refractivity (Wildman–Crippen MR) is 119 cm³/mol. The van der Waals surface area contributed by atoms with Crippen LogP contribution in [0.15, 0.2) is 30.5 Å². The number of hydrogen-bond donors (Lipinski definition) is 1. The molecule has 0 atom stereocenters. The van der Waals surface area contributed by atoms with E-state index in [2.05, 4.69) is 16.9 Å². The largest absolute Gasteiger partial charge is 0.361 e. The second-order valence-corrected chi connectivity index (χ2v) is 8.96. The number of H-pyrrole nitrogens is 1. The zero-order chi connectivity index (χ0) is 21.1. The molecule has 2 amide bonds. The fourth-order valence-electron chi connectivity index (χ4n) is 5.07. The Labute approximate surface area is 179 Å². The average molecular weight is 411 g/mol. The molecule has 2 aliphatic rings. The van der Waals surface area contributed by atoms with Crippen molar-refractivity contribution in [3.05, 3.63) is 36.0 Å². The first-order chi connectivity index (χ1) is 14.5. The van der Waals surface area contributed by atoms with Gasteiger partial charge in [0.1, 0.15) is 6.54 Å². The highest BCUT2D eigenvalue weighted by Crippen LogP contribution is 2.32. The summed E-state index contributed by atoms with van der Waals surface area (Å²) >= 11 is 0. The van der Waals surface area contributed by atoms with Crippen LogP contribution in [0.25, 0.3) is 10.9 Å². The van der Waals surface area contributed by atoms with Crippen LogP contribution in [0.1, 0.15) is 43.0 Å². The number of amides is 2. The minimum atomic E-state index is -0.0800. The van der Waals surface area contributed by atoms with Gasteiger partial charge in [-0.2, -0.15) is 0 Å². The molecule has 1 N–H and O–H groups in total. The van der Waals surface area contributed by atoms with Gasteiger partial charge in [0.05, 0.1) is 0 Å². The maximum absolute atomic E-state index is 13.0. The van der Waals surface area contributed by atoms with E-state index in [1.807, 2.05) is 42.3 Å². The van der Waals surface area contributed by atoms with Gasteiger partial charge < -0.3 is 19.7 Å². The summed E-state index contributed by atoms with van der Waals surface area (Å²) in [6.07, 6.45) is 6.65. The van der Waals surface area contributed by atoms with Crippen molar-refractivity contribution < 1.29 is 9.59 Å². The van der Waals surface area contributed by atoms with Gasteiger partial charge in [0.15, 0.2) is 0 Å². The number of aromatic nitrogens is 1. The maximum Gasteiger partial charge on any atom is 0.254 e. The molecule has 6 heteroatoms. The number of hydrogen-bond acceptors (Lipinski definition) is 3. The minimum Gasteiger partial charge on any atom is -0.361 e. The molecule has 0 aliphatic carbocycles. The summed E-state index contributed by atoms with van der Waals surface area (Å²) in [7, 11) is 2.20. The molecule has 0 bridgehead atoms. The highest BCUT2D eigenvalue weighted by molar-refractivity contribution is 5.99. The van der Waals surface area contributed by atoms with Crippen LogP contribution in [0.4, 0.5) is 0 Å². The van der Waals surface area contributed by atoms with Gasteiger partial charge in [-0.25, -0.2) is 0 Å². The molecule has 30 heavy (non-hydrogen) atoms. The van der Waals surface area contributed by atoms with E-state index >= 15 is 0 Å². The summed E-state index contributed by atoms with van der Waals surface area (Å²) in [6, 6.07) is 7.65. The number of carbonyl (C=O) groups excluding carboxylic acids is 2. The number of benzene rings is 1. The van der Waals surface area contributed by atoms with Crippen LogP contribution in [0.5, 0.6) is 0 Å². The van der Waals surface area contributed by atoms with Crippen LogP contribution in [-0.4, -0.2) is 77.8 Å². The Hall–Kier alpha value is -2.34. The molecule has 1 aromatic carbocycles. The Bertz CT molecular complexity index is 876. The Morgan fingerprint density at radius 1 is 1.03 bits per heavy atom.